The van der Waals surface area contributed by atoms with Gasteiger partial charge in [0, 0.05) is 13.1 Å². The predicted molar refractivity (Wildman–Crippen MR) is 68.8 cm³/mol. The second-order valence-corrected chi connectivity index (χ2v) is 5.68. The van der Waals surface area contributed by atoms with Gasteiger partial charge < -0.3 is 16.0 Å². The molecule has 1 saturated carbocycles. The zero-order chi connectivity index (χ0) is 13.2. The van der Waals surface area contributed by atoms with Crippen LogP contribution in [0.1, 0.15) is 39.0 Å². The van der Waals surface area contributed by atoms with E-state index >= 15 is 0 Å². The van der Waals surface area contributed by atoms with Crippen LogP contribution >= 0.6 is 0 Å². The number of carbonyl (C=O) groups is 2. The maximum Gasteiger partial charge on any atom is 0.241 e. The lowest BCUT2D eigenvalue weighted by Crippen LogP contribution is -2.55. The maximum atomic E-state index is 11.9. The highest BCUT2D eigenvalue weighted by molar-refractivity contribution is 5.90. The molecule has 102 valence electrons. The van der Waals surface area contributed by atoms with Gasteiger partial charge >= 0.3 is 0 Å². The molecule has 0 radical (unpaired) electrons. The third-order valence-electron chi connectivity index (χ3n) is 4.02. The van der Waals surface area contributed by atoms with Crippen molar-refractivity contribution in [2.45, 2.75) is 44.6 Å². The summed E-state index contributed by atoms with van der Waals surface area (Å²) in [7, 11) is 0. The number of hydrogen-bond donors (Lipinski definition) is 2. The van der Waals surface area contributed by atoms with Crippen LogP contribution in [0.4, 0.5) is 0 Å². The molecule has 0 spiro atoms. The molecule has 5 nitrogen and oxygen atoms in total. The minimum Gasteiger partial charge on any atom is -0.345 e. The van der Waals surface area contributed by atoms with Gasteiger partial charge in [0.25, 0.3) is 0 Å². The van der Waals surface area contributed by atoms with Gasteiger partial charge in [0.15, 0.2) is 0 Å². The van der Waals surface area contributed by atoms with E-state index in [2.05, 4.69) is 5.32 Å². The number of likely N-dealkylation sites (tertiary alicyclic amines) is 1. The largest absolute Gasteiger partial charge is 0.345 e. The van der Waals surface area contributed by atoms with Crippen molar-refractivity contribution in [3.63, 3.8) is 0 Å². The first-order valence-corrected chi connectivity index (χ1v) is 6.87. The first-order valence-electron chi connectivity index (χ1n) is 6.87. The topological polar surface area (TPSA) is 75.4 Å². The van der Waals surface area contributed by atoms with Gasteiger partial charge in [-0.15, -0.1) is 0 Å². The number of nitrogens with one attached hydrogen (secondary N) is 1. The van der Waals surface area contributed by atoms with Gasteiger partial charge in [-0.25, -0.2) is 0 Å². The number of nitrogens with two attached hydrogens (primary N) is 1. The Morgan fingerprint density at radius 3 is 2.44 bits per heavy atom. The minimum atomic E-state index is -0.817. The van der Waals surface area contributed by atoms with E-state index in [0.29, 0.717) is 0 Å². The molecule has 0 aromatic carbocycles. The Labute approximate surface area is 108 Å². The molecular formula is C13H23N3O2. The molecule has 1 unspecified atom stereocenters. The molecule has 2 rings (SSSR count). The molecule has 1 atom stereocenters. The maximum absolute atomic E-state index is 11.9. The predicted octanol–water partition coefficient (Wildman–Crippen LogP) is 0.242. The van der Waals surface area contributed by atoms with Crippen molar-refractivity contribution in [3.8, 4) is 0 Å². The third-order valence-corrected chi connectivity index (χ3v) is 4.02. The van der Waals surface area contributed by atoms with Gasteiger partial charge in [-0.05, 0) is 44.9 Å². The zero-order valence-electron chi connectivity index (χ0n) is 11.1. The summed E-state index contributed by atoms with van der Waals surface area (Å²) >= 11 is 0. The summed E-state index contributed by atoms with van der Waals surface area (Å²) < 4.78 is 0. The summed E-state index contributed by atoms with van der Waals surface area (Å²) in [6, 6.07) is 0. The summed E-state index contributed by atoms with van der Waals surface area (Å²) in [6.07, 6.45) is 5.35. The van der Waals surface area contributed by atoms with E-state index in [-0.39, 0.29) is 24.3 Å². The Hall–Kier alpha value is -1.10. The highest BCUT2D eigenvalue weighted by Crippen LogP contribution is 2.38. The fraction of sp³-hybridized carbons (Fsp3) is 0.846. The van der Waals surface area contributed by atoms with Crippen LogP contribution in [0, 0.1) is 5.92 Å². The smallest absolute Gasteiger partial charge is 0.241 e. The Bertz CT molecular complexity index is 331. The Kier molecular flexibility index (Phi) is 3.90. The van der Waals surface area contributed by atoms with Gasteiger partial charge in [-0.3, -0.25) is 9.59 Å². The zero-order valence-corrected chi connectivity index (χ0v) is 11.1. The number of amides is 2. The molecule has 0 bridgehead atoms. The second-order valence-electron chi connectivity index (χ2n) is 5.68. The normalized spacial score (nSPS) is 23.3. The van der Waals surface area contributed by atoms with Crippen LogP contribution in [0.3, 0.4) is 0 Å². The SMILES string of the molecule is CC(N)(C(=O)NCC(=O)N1CCCCC1)C1CC1. The quantitative estimate of drug-likeness (QED) is 0.753. The first-order chi connectivity index (χ1) is 8.51. The van der Waals surface area contributed by atoms with Crippen molar-refractivity contribution in [2.24, 2.45) is 11.7 Å². The number of hydrogen-bond acceptors (Lipinski definition) is 3. The fourth-order valence-electron chi connectivity index (χ4n) is 2.47. The molecule has 1 aliphatic heterocycles. The van der Waals surface area contributed by atoms with Crippen molar-refractivity contribution in [2.75, 3.05) is 19.6 Å². The van der Waals surface area contributed by atoms with E-state index < -0.39 is 5.54 Å². The molecule has 18 heavy (non-hydrogen) atoms. The van der Waals surface area contributed by atoms with Crippen molar-refractivity contribution >= 4 is 11.8 Å². The van der Waals surface area contributed by atoms with Crippen LogP contribution in [0.5, 0.6) is 0 Å². The van der Waals surface area contributed by atoms with E-state index in [1.165, 1.54) is 6.42 Å². The van der Waals surface area contributed by atoms with Crippen LogP contribution in [0.15, 0.2) is 0 Å². The van der Waals surface area contributed by atoms with Gasteiger partial charge in [0.05, 0.1) is 12.1 Å². The van der Waals surface area contributed by atoms with E-state index in [0.717, 1.165) is 38.8 Å². The highest BCUT2D eigenvalue weighted by atomic mass is 16.2. The van der Waals surface area contributed by atoms with Crippen LogP contribution in [-0.2, 0) is 9.59 Å². The average molecular weight is 253 g/mol. The molecule has 1 heterocycles. The molecule has 5 heteroatoms. The third kappa shape index (κ3) is 3.02. The number of rotatable bonds is 4. The highest BCUT2D eigenvalue weighted by Gasteiger charge is 2.44. The monoisotopic (exact) mass is 253 g/mol. The van der Waals surface area contributed by atoms with Crippen molar-refractivity contribution in [1.29, 1.82) is 0 Å². The summed E-state index contributed by atoms with van der Waals surface area (Å²) in [4.78, 5) is 25.6. The Morgan fingerprint density at radius 2 is 1.89 bits per heavy atom. The summed E-state index contributed by atoms with van der Waals surface area (Å²) in [5, 5.41) is 2.69. The molecule has 3 N–H and O–H groups in total. The van der Waals surface area contributed by atoms with Crippen molar-refractivity contribution in [3.05, 3.63) is 0 Å². The number of carbonyl (C=O) groups excluding carboxylic acids is 2. The number of piperidine rings is 1. The lowest BCUT2D eigenvalue weighted by Gasteiger charge is -2.28. The van der Waals surface area contributed by atoms with E-state index in [1.54, 1.807) is 6.92 Å². The summed E-state index contributed by atoms with van der Waals surface area (Å²) in [5.41, 5.74) is 5.18. The van der Waals surface area contributed by atoms with E-state index in [9.17, 15) is 9.59 Å². The summed E-state index contributed by atoms with van der Waals surface area (Å²) in [5.74, 6) is 0.0904. The summed E-state index contributed by atoms with van der Waals surface area (Å²) in [6.45, 7) is 3.47. The van der Waals surface area contributed by atoms with Crippen LogP contribution in [0.2, 0.25) is 0 Å². The molecule has 1 saturated heterocycles. The second kappa shape index (κ2) is 5.26. The molecule has 0 aromatic rings. The fourth-order valence-corrected chi connectivity index (χ4v) is 2.47. The molecule has 2 fully saturated rings. The van der Waals surface area contributed by atoms with E-state index in [1.807, 2.05) is 4.90 Å². The molecule has 1 aliphatic carbocycles. The first kappa shape index (κ1) is 13.3. The van der Waals surface area contributed by atoms with Gasteiger partial charge in [0.2, 0.25) is 11.8 Å². The Balaban J connectivity index is 1.76. The van der Waals surface area contributed by atoms with Crippen molar-refractivity contribution in [1.82, 2.24) is 10.2 Å². The minimum absolute atomic E-state index is 0.00893. The van der Waals surface area contributed by atoms with Gasteiger partial charge in [0.1, 0.15) is 0 Å². The van der Waals surface area contributed by atoms with Gasteiger partial charge in [-0.1, -0.05) is 0 Å². The standard InChI is InChI=1S/C13H23N3O2/c1-13(14,10-5-6-10)12(18)15-9-11(17)16-7-3-2-4-8-16/h10H,2-9,14H2,1H3,(H,15,18). The van der Waals surface area contributed by atoms with E-state index in [4.69, 9.17) is 5.73 Å². The average Bonchev–Trinajstić information content (AvgIpc) is 3.21. The van der Waals surface area contributed by atoms with Crippen LogP contribution in [0.25, 0.3) is 0 Å². The number of nitrogens with zero attached hydrogens (tertiary/aromatic N) is 1. The lowest BCUT2D eigenvalue weighted by molar-refractivity contribution is -0.135. The molecular weight excluding hydrogens is 230 g/mol. The van der Waals surface area contributed by atoms with Crippen LogP contribution in [-0.4, -0.2) is 41.9 Å². The molecule has 2 aliphatic rings. The molecule has 2 amide bonds. The Morgan fingerprint density at radius 1 is 1.28 bits per heavy atom. The van der Waals surface area contributed by atoms with Crippen molar-refractivity contribution < 1.29 is 9.59 Å². The lowest BCUT2D eigenvalue weighted by atomic mass is 9.96. The molecule has 0 aromatic heterocycles. The van der Waals surface area contributed by atoms with Gasteiger partial charge in [-0.2, -0.15) is 0 Å². The van der Waals surface area contributed by atoms with Crippen LogP contribution < -0.4 is 11.1 Å².